The van der Waals surface area contributed by atoms with Crippen molar-refractivity contribution >= 4 is 22.5 Å². The Hall–Kier alpha value is -2.06. The van der Waals surface area contributed by atoms with Gasteiger partial charge in [0.05, 0.1) is 5.52 Å². The predicted molar refractivity (Wildman–Crippen MR) is 79.6 cm³/mol. The Morgan fingerprint density at radius 3 is 2.47 bits per heavy atom. The molecule has 0 atom stereocenters. The lowest BCUT2D eigenvalue weighted by Crippen LogP contribution is -2.16. The fourth-order valence-corrected chi connectivity index (χ4v) is 2.46. The van der Waals surface area contributed by atoms with Gasteiger partial charge in [-0.25, -0.2) is 0 Å². The predicted octanol–water partition coefficient (Wildman–Crippen LogP) is 3.86. The SMILES string of the molecule is Cn1c(=O)cc(-c2ccccc2)c2cc(Cl)ccc21. The molecule has 2 nitrogen and oxygen atoms in total. The summed E-state index contributed by atoms with van der Waals surface area (Å²) in [5.41, 5.74) is 2.80. The van der Waals surface area contributed by atoms with E-state index in [1.807, 2.05) is 42.5 Å². The summed E-state index contributed by atoms with van der Waals surface area (Å²) in [4.78, 5) is 12.0. The molecule has 0 N–H and O–H groups in total. The van der Waals surface area contributed by atoms with Gasteiger partial charge < -0.3 is 4.57 Å². The smallest absolute Gasteiger partial charge is 0.251 e. The van der Waals surface area contributed by atoms with Crippen LogP contribution in [0.25, 0.3) is 22.0 Å². The van der Waals surface area contributed by atoms with Crippen molar-refractivity contribution in [2.75, 3.05) is 0 Å². The largest absolute Gasteiger partial charge is 0.311 e. The zero-order valence-corrected chi connectivity index (χ0v) is 11.2. The van der Waals surface area contributed by atoms with Gasteiger partial charge in [-0.3, -0.25) is 4.79 Å². The first-order valence-electron chi connectivity index (χ1n) is 6.01. The number of rotatable bonds is 1. The average molecular weight is 270 g/mol. The van der Waals surface area contributed by atoms with Gasteiger partial charge in [-0.05, 0) is 29.3 Å². The lowest BCUT2D eigenvalue weighted by molar-refractivity contribution is 0.907. The average Bonchev–Trinajstić information content (AvgIpc) is 2.43. The Morgan fingerprint density at radius 1 is 1.00 bits per heavy atom. The second kappa shape index (κ2) is 4.56. The molecule has 0 aliphatic carbocycles. The number of aromatic nitrogens is 1. The zero-order chi connectivity index (χ0) is 13.4. The summed E-state index contributed by atoms with van der Waals surface area (Å²) in [6, 6.07) is 17.1. The van der Waals surface area contributed by atoms with Crippen LogP contribution >= 0.6 is 11.6 Å². The van der Waals surface area contributed by atoms with Crippen molar-refractivity contribution in [1.82, 2.24) is 4.57 Å². The topological polar surface area (TPSA) is 22.0 Å². The third-order valence-corrected chi connectivity index (χ3v) is 3.53. The van der Waals surface area contributed by atoms with Crippen molar-refractivity contribution in [3.63, 3.8) is 0 Å². The summed E-state index contributed by atoms with van der Waals surface area (Å²) in [5.74, 6) is 0. The van der Waals surface area contributed by atoms with Crippen LogP contribution in [-0.4, -0.2) is 4.57 Å². The van der Waals surface area contributed by atoms with Gasteiger partial charge in [0.25, 0.3) is 5.56 Å². The summed E-state index contributed by atoms with van der Waals surface area (Å²) in [6.45, 7) is 0. The standard InChI is InChI=1S/C16H12ClNO/c1-18-15-8-7-12(17)9-14(15)13(10-16(18)19)11-5-3-2-4-6-11/h2-10H,1H3. The highest BCUT2D eigenvalue weighted by molar-refractivity contribution is 6.31. The van der Waals surface area contributed by atoms with Crippen molar-refractivity contribution in [2.24, 2.45) is 7.05 Å². The van der Waals surface area contributed by atoms with Crippen LogP contribution in [0.5, 0.6) is 0 Å². The van der Waals surface area contributed by atoms with E-state index >= 15 is 0 Å². The van der Waals surface area contributed by atoms with E-state index in [4.69, 9.17) is 11.6 Å². The van der Waals surface area contributed by atoms with Crippen molar-refractivity contribution in [3.8, 4) is 11.1 Å². The molecule has 0 spiro atoms. The number of hydrogen-bond acceptors (Lipinski definition) is 1. The molecule has 0 radical (unpaired) electrons. The van der Waals surface area contributed by atoms with Crippen LogP contribution < -0.4 is 5.56 Å². The van der Waals surface area contributed by atoms with Crippen LogP contribution in [0, 0.1) is 0 Å². The highest BCUT2D eigenvalue weighted by Crippen LogP contribution is 2.28. The monoisotopic (exact) mass is 269 g/mol. The molecule has 19 heavy (non-hydrogen) atoms. The Kier molecular flexibility index (Phi) is 2.88. The molecule has 0 aliphatic rings. The molecule has 0 amide bonds. The summed E-state index contributed by atoms with van der Waals surface area (Å²) in [7, 11) is 1.77. The van der Waals surface area contributed by atoms with Crippen LogP contribution in [0.15, 0.2) is 59.4 Å². The maximum Gasteiger partial charge on any atom is 0.251 e. The Morgan fingerprint density at radius 2 is 1.74 bits per heavy atom. The molecule has 94 valence electrons. The minimum absolute atomic E-state index is 0.0197. The van der Waals surface area contributed by atoms with Gasteiger partial charge in [-0.1, -0.05) is 41.9 Å². The van der Waals surface area contributed by atoms with E-state index in [1.165, 1.54) is 0 Å². The highest BCUT2D eigenvalue weighted by atomic mass is 35.5. The van der Waals surface area contributed by atoms with Crippen LogP contribution in [0.2, 0.25) is 5.02 Å². The Bertz CT molecular complexity index is 806. The molecule has 0 saturated heterocycles. The van der Waals surface area contributed by atoms with Crippen LogP contribution in [-0.2, 0) is 7.05 Å². The maximum atomic E-state index is 12.0. The lowest BCUT2D eigenvalue weighted by Gasteiger charge is -2.10. The molecular formula is C16H12ClNO. The van der Waals surface area contributed by atoms with Gasteiger partial charge in [0.2, 0.25) is 0 Å². The number of nitrogens with zero attached hydrogens (tertiary/aromatic N) is 1. The van der Waals surface area contributed by atoms with Crippen LogP contribution in [0.4, 0.5) is 0 Å². The second-order valence-electron chi connectivity index (χ2n) is 4.48. The molecule has 2 aromatic carbocycles. The van der Waals surface area contributed by atoms with Crippen molar-refractivity contribution in [3.05, 3.63) is 70.0 Å². The summed E-state index contributed by atoms with van der Waals surface area (Å²) in [5, 5.41) is 1.66. The number of halogens is 1. The summed E-state index contributed by atoms with van der Waals surface area (Å²) in [6.07, 6.45) is 0. The van der Waals surface area contributed by atoms with Gasteiger partial charge >= 0.3 is 0 Å². The van der Waals surface area contributed by atoms with Gasteiger partial charge in [0.1, 0.15) is 0 Å². The Balaban J connectivity index is 2.45. The number of benzene rings is 2. The second-order valence-corrected chi connectivity index (χ2v) is 4.92. The zero-order valence-electron chi connectivity index (χ0n) is 10.4. The molecule has 1 heterocycles. The third kappa shape index (κ3) is 2.04. The minimum atomic E-state index is -0.0197. The summed E-state index contributed by atoms with van der Waals surface area (Å²) >= 11 is 6.08. The molecule has 0 aliphatic heterocycles. The van der Waals surface area contributed by atoms with Crippen molar-refractivity contribution in [1.29, 1.82) is 0 Å². The number of aryl methyl sites for hydroxylation is 1. The fourth-order valence-electron chi connectivity index (χ4n) is 2.29. The Labute approximate surface area is 115 Å². The lowest BCUT2D eigenvalue weighted by atomic mass is 10.0. The third-order valence-electron chi connectivity index (χ3n) is 3.29. The number of hydrogen-bond donors (Lipinski definition) is 0. The van der Waals surface area contributed by atoms with Crippen LogP contribution in [0.3, 0.4) is 0 Å². The molecule has 3 aromatic rings. The maximum absolute atomic E-state index is 12.0. The van der Waals surface area contributed by atoms with E-state index in [1.54, 1.807) is 23.7 Å². The first-order valence-corrected chi connectivity index (χ1v) is 6.39. The van der Waals surface area contributed by atoms with Gasteiger partial charge in [0, 0.05) is 23.5 Å². The number of fused-ring (bicyclic) bond motifs is 1. The van der Waals surface area contributed by atoms with E-state index < -0.39 is 0 Å². The quantitative estimate of drug-likeness (QED) is 0.657. The molecule has 0 saturated carbocycles. The van der Waals surface area contributed by atoms with E-state index in [0.717, 1.165) is 22.0 Å². The number of pyridine rings is 1. The first-order chi connectivity index (χ1) is 9.16. The van der Waals surface area contributed by atoms with E-state index in [9.17, 15) is 4.79 Å². The summed E-state index contributed by atoms with van der Waals surface area (Å²) < 4.78 is 1.64. The molecule has 3 rings (SSSR count). The molecule has 0 unspecified atom stereocenters. The van der Waals surface area contributed by atoms with Gasteiger partial charge in [0.15, 0.2) is 0 Å². The molecular weight excluding hydrogens is 258 g/mol. The van der Waals surface area contributed by atoms with Crippen molar-refractivity contribution < 1.29 is 0 Å². The normalized spacial score (nSPS) is 10.8. The van der Waals surface area contributed by atoms with Crippen LogP contribution in [0.1, 0.15) is 0 Å². The van der Waals surface area contributed by atoms with Gasteiger partial charge in [-0.2, -0.15) is 0 Å². The van der Waals surface area contributed by atoms with E-state index in [-0.39, 0.29) is 5.56 Å². The van der Waals surface area contributed by atoms with E-state index in [0.29, 0.717) is 5.02 Å². The first kappa shape index (κ1) is 12.0. The van der Waals surface area contributed by atoms with Crippen molar-refractivity contribution in [2.45, 2.75) is 0 Å². The minimum Gasteiger partial charge on any atom is -0.311 e. The van der Waals surface area contributed by atoms with E-state index in [2.05, 4.69) is 0 Å². The molecule has 1 aromatic heterocycles. The van der Waals surface area contributed by atoms with Gasteiger partial charge in [-0.15, -0.1) is 0 Å². The molecule has 0 fully saturated rings. The molecule has 3 heteroatoms. The fraction of sp³-hybridized carbons (Fsp3) is 0.0625. The highest BCUT2D eigenvalue weighted by Gasteiger charge is 2.08. The molecule has 0 bridgehead atoms.